The molecule has 1 heterocycles. The molecule has 0 bridgehead atoms. The Morgan fingerprint density at radius 2 is 1.68 bits per heavy atom. The van der Waals surface area contributed by atoms with Crippen LogP contribution in [0.5, 0.6) is 11.5 Å². The summed E-state index contributed by atoms with van der Waals surface area (Å²) in [4.78, 5) is 2.18. The third kappa shape index (κ3) is 2.87. The van der Waals surface area contributed by atoms with Crippen LogP contribution in [0.1, 0.15) is 19.8 Å². The summed E-state index contributed by atoms with van der Waals surface area (Å²) < 4.78 is 10.5. The first-order valence-corrected chi connectivity index (χ1v) is 6.45. The standard InChI is InChI=1S/C14H22N2O3/c1-14(17)4-6-16(7-5-14)11-9-13(19-3)12(18-2)8-10(11)15/h8-9,17H,4-7,15H2,1-3H3. The normalized spacial score (nSPS) is 18.2. The lowest BCUT2D eigenvalue weighted by molar-refractivity contribution is 0.0351. The van der Waals surface area contributed by atoms with Gasteiger partial charge in [0.05, 0.1) is 31.2 Å². The SMILES string of the molecule is COc1cc(N)c(N2CCC(C)(O)CC2)cc1OC. The molecule has 5 nitrogen and oxygen atoms in total. The Balaban J connectivity index is 2.25. The van der Waals surface area contributed by atoms with Crippen molar-refractivity contribution in [2.24, 2.45) is 0 Å². The number of benzene rings is 1. The van der Waals surface area contributed by atoms with Crippen LogP contribution in [0.2, 0.25) is 0 Å². The van der Waals surface area contributed by atoms with Crippen LogP contribution in [0, 0.1) is 0 Å². The number of ether oxygens (including phenoxy) is 2. The molecular weight excluding hydrogens is 244 g/mol. The number of methoxy groups -OCH3 is 2. The molecule has 0 saturated carbocycles. The largest absolute Gasteiger partial charge is 0.493 e. The van der Waals surface area contributed by atoms with Crippen LogP contribution in [0.15, 0.2) is 12.1 Å². The Morgan fingerprint density at radius 3 is 2.21 bits per heavy atom. The van der Waals surface area contributed by atoms with E-state index in [4.69, 9.17) is 15.2 Å². The van der Waals surface area contributed by atoms with Gasteiger partial charge in [-0.1, -0.05) is 0 Å². The summed E-state index contributed by atoms with van der Waals surface area (Å²) in [6, 6.07) is 3.68. The first-order valence-electron chi connectivity index (χ1n) is 6.45. The Hall–Kier alpha value is -1.62. The second kappa shape index (κ2) is 5.17. The number of hydrogen-bond acceptors (Lipinski definition) is 5. The fraction of sp³-hybridized carbons (Fsp3) is 0.571. The van der Waals surface area contributed by atoms with Crippen molar-refractivity contribution >= 4 is 11.4 Å². The van der Waals surface area contributed by atoms with Crippen LogP contribution in [0.4, 0.5) is 11.4 Å². The fourth-order valence-corrected chi connectivity index (χ4v) is 2.39. The molecule has 0 radical (unpaired) electrons. The van der Waals surface area contributed by atoms with Crippen molar-refractivity contribution in [3.8, 4) is 11.5 Å². The molecule has 0 aliphatic carbocycles. The highest BCUT2D eigenvalue weighted by Gasteiger charge is 2.28. The molecule has 106 valence electrons. The minimum atomic E-state index is -0.568. The molecule has 5 heteroatoms. The van der Waals surface area contributed by atoms with Gasteiger partial charge in [-0.15, -0.1) is 0 Å². The summed E-state index contributed by atoms with van der Waals surface area (Å²) in [5, 5.41) is 9.99. The zero-order chi connectivity index (χ0) is 14.0. The molecule has 0 atom stereocenters. The summed E-state index contributed by atoms with van der Waals surface area (Å²) in [6.07, 6.45) is 1.47. The van der Waals surface area contributed by atoms with E-state index in [9.17, 15) is 5.11 Å². The van der Waals surface area contributed by atoms with Crippen molar-refractivity contribution in [2.45, 2.75) is 25.4 Å². The quantitative estimate of drug-likeness (QED) is 0.814. The second-order valence-corrected chi connectivity index (χ2v) is 5.25. The third-order valence-electron chi connectivity index (χ3n) is 3.71. The van der Waals surface area contributed by atoms with Gasteiger partial charge in [-0.2, -0.15) is 0 Å². The molecule has 0 aromatic heterocycles. The number of aliphatic hydroxyl groups is 1. The number of anilines is 2. The van der Waals surface area contributed by atoms with E-state index >= 15 is 0 Å². The van der Waals surface area contributed by atoms with E-state index < -0.39 is 5.60 Å². The van der Waals surface area contributed by atoms with Gasteiger partial charge in [-0.3, -0.25) is 0 Å². The molecular formula is C14H22N2O3. The second-order valence-electron chi connectivity index (χ2n) is 5.25. The van der Waals surface area contributed by atoms with Gasteiger partial charge in [0, 0.05) is 25.2 Å². The maximum Gasteiger partial charge on any atom is 0.162 e. The highest BCUT2D eigenvalue weighted by molar-refractivity contribution is 5.73. The number of nitrogens with two attached hydrogens (primary N) is 1. The molecule has 1 aliphatic rings. The minimum Gasteiger partial charge on any atom is -0.493 e. The van der Waals surface area contributed by atoms with E-state index in [-0.39, 0.29) is 0 Å². The molecule has 0 unspecified atom stereocenters. The number of rotatable bonds is 3. The number of hydrogen-bond donors (Lipinski definition) is 2. The lowest BCUT2D eigenvalue weighted by atomic mass is 9.93. The maximum absolute atomic E-state index is 9.99. The van der Waals surface area contributed by atoms with Gasteiger partial charge in [-0.25, -0.2) is 0 Å². The van der Waals surface area contributed by atoms with Gasteiger partial charge in [0.2, 0.25) is 0 Å². The molecule has 1 aromatic carbocycles. The zero-order valence-electron chi connectivity index (χ0n) is 11.8. The predicted molar refractivity (Wildman–Crippen MR) is 76.0 cm³/mol. The van der Waals surface area contributed by atoms with Crippen LogP contribution in [0.25, 0.3) is 0 Å². The molecule has 1 saturated heterocycles. The highest BCUT2D eigenvalue weighted by atomic mass is 16.5. The summed E-state index contributed by atoms with van der Waals surface area (Å²) >= 11 is 0. The first kappa shape index (κ1) is 13.8. The molecule has 19 heavy (non-hydrogen) atoms. The van der Waals surface area contributed by atoms with Crippen LogP contribution < -0.4 is 20.1 Å². The van der Waals surface area contributed by atoms with Gasteiger partial charge < -0.3 is 25.2 Å². The first-order chi connectivity index (χ1) is 8.96. The Morgan fingerprint density at radius 1 is 1.16 bits per heavy atom. The topological polar surface area (TPSA) is 68.0 Å². The Bertz CT molecular complexity index is 450. The summed E-state index contributed by atoms with van der Waals surface area (Å²) in [5.74, 6) is 1.30. The Labute approximate surface area is 113 Å². The van der Waals surface area contributed by atoms with Crippen molar-refractivity contribution in [3.05, 3.63) is 12.1 Å². The molecule has 1 aromatic rings. The fourth-order valence-electron chi connectivity index (χ4n) is 2.39. The van der Waals surface area contributed by atoms with Gasteiger partial charge in [0.1, 0.15) is 0 Å². The van der Waals surface area contributed by atoms with Crippen molar-refractivity contribution in [1.82, 2.24) is 0 Å². The van der Waals surface area contributed by atoms with Gasteiger partial charge in [0.25, 0.3) is 0 Å². The number of piperidine rings is 1. The van der Waals surface area contributed by atoms with Crippen LogP contribution in [0.3, 0.4) is 0 Å². The third-order valence-corrected chi connectivity index (χ3v) is 3.71. The van der Waals surface area contributed by atoms with Gasteiger partial charge in [-0.05, 0) is 19.8 Å². The molecule has 3 N–H and O–H groups in total. The molecule has 2 rings (SSSR count). The van der Waals surface area contributed by atoms with E-state index in [2.05, 4.69) is 4.90 Å². The Kier molecular flexibility index (Phi) is 3.75. The van der Waals surface area contributed by atoms with E-state index in [0.717, 1.165) is 31.6 Å². The van der Waals surface area contributed by atoms with E-state index in [1.54, 1.807) is 20.3 Å². The summed E-state index contributed by atoms with van der Waals surface area (Å²) in [5.41, 5.74) is 7.12. The number of nitrogen functional groups attached to an aromatic ring is 1. The van der Waals surface area contributed by atoms with Crippen molar-refractivity contribution in [1.29, 1.82) is 0 Å². The van der Waals surface area contributed by atoms with E-state index in [0.29, 0.717) is 17.2 Å². The smallest absolute Gasteiger partial charge is 0.162 e. The van der Waals surface area contributed by atoms with Crippen LogP contribution in [-0.4, -0.2) is 38.0 Å². The highest BCUT2D eigenvalue weighted by Crippen LogP contribution is 2.38. The van der Waals surface area contributed by atoms with Gasteiger partial charge in [0.15, 0.2) is 11.5 Å². The summed E-state index contributed by atoms with van der Waals surface area (Å²) in [6.45, 7) is 3.45. The van der Waals surface area contributed by atoms with E-state index in [1.807, 2.05) is 13.0 Å². The maximum atomic E-state index is 9.99. The van der Waals surface area contributed by atoms with Crippen LogP contribution >= 0.6 is 0 Å². The lowest BCUT2D eigenvalue weighted by Crippen LogP contribution is -2.42. The van der Waals surface area contributed by atoms with Crippen molar-refractivity contribution < 1.29 is 14.6 Å². The molecule has 1 fully saturated rings. The summed E-state index contributed by atoms with van der Waals surface area (Å²) in [7, 11) is 3.20. The van der Waals surface area contributed by atoms with E-state index in [1.165, 1.54) is 0 Å². The van der Waals surface area contributed by atoms with Gasteiger partial charge >= 0.3 is 0 Å². The average molecular weight is 266 g/mol. The molecule has 0 amide bonds. The van der Waals surface area contributed by atoms with Crippen molar-refractivity contribution in [2.75, 3.05) is 37.9 Å². The predicted octanol–water partition coefficient (Wildman–Crippen LogP) is 1.64. The average Bonchev–Trinajstić information content (AvgIpc) is 2.39. The zero-order valence-corrected chi connectivity index (χ0v) is 11.8. The molecule has 0 spiro atoms. The van der Waals surface area contributed by atoms with Crippen LogP contribution in [-0.2, 0) is 0 Å². The monoisotopic (exact) mass is 266 g/mol. The minimum absolute atomic E-state index is 0.568. The molecule has 1 aliphatic heterocycles. The van der Waals surface area contributed by atoms with Crippen molar-refractivity contribution in [3.63, 3.8) is 0 Å². The number of nitrogens with zero attached hydrogens (tertiary/aromatic N) is 1. The lowest BCUT2D eigenvalue weighted by Gasteiger charge is -2.37.